The fraction of sp³-hybridized carbons (Fsp3) is 0.450. The lowest BCUT2D eigenvalue weighted by molar-refractivity contribution is -0.129. The monoisotopic (exact) mass is 403 g/mol. The van der Waals surface area contributed by atoms with E-state index in [2.05, 4.69) is 5.32 Å². The predicted octanol–water partition coefficient (Wildman–Crippen LogP) is 1.27. The molecule has 2 heterocycles. The minimum Gasteiger partial charge on any atom is -0.493 e. The third-order valence-corrected chi connectivity index (χ3v) is 5.13. The van der Waals surface area contributed by atoms with Crippen molar-refractivity contribution in [1.82, 2.24) is 15.1 Å². The van der Waals surface area contributed by atoms with Crippen LogP contribution in [0.3, 0.4) is 0 Å². The normalized spacial score (nSPS) is 17.6. The lowest BCUT2D eigenvalue weighted by Crippen LogP contribution is -2.48. The first kappa shape index (κ1) is 20.5. The number of amides is 4. The van der Waals surface area contributed by atoms with Crippen LogP contribution >= 0.6 is 0 Å². The van der Waals surface area contributed by atoms with Crippen LogP contribution in [0.15, 0.2) is 18.2 Å². The summed E-state index contributed by atoms with van der Waals surface area (Å²) in [6.45, 7) is 1.02. The van der Waals surface area contributed by atoms with E-state index in [0.717, 1.165) is 5.56 Å². The van der Waals surface area contributed by atoms with Gasteiger partial charge in [-0.2, -0.15) is 0 Å². The van der Waals surface area contributed by atoms with Gasteiger partial charge in [0.25, 0.3) is 0 Å². The first-order chi connectivity index (χ1) is 14.0. The highest BCUT2D eigenvalue weighted by Gasteiger charge is 2.36. The standard InChI is InChI=1S/C20H25N3O6/c1-27-15-10-13(11-16(28-2)19(15)29-3)4-5-17(24)22-8-6-14(7-9-22)23-18(25)12-21-20(23)26/h4-5,10-11,14H,6-9,12H2,1-3H3,(H,21,26)/b5-4+. The molecule has 156 valence electrons. The third-order valence-electron chi connectivity index (χ3n) is 5.13. The van der Waals surface area contributed by atoms with Gasteiger partial charge in [0.2, 0.25) is 17.6 Å². The molecule has 29 heavy (non-hydrogen) atoms. The molecule has 0 atom stereocenters. The van der Waals surface area contributed by atoms with Crippen LogP contribution in [0.4, 0.5) is 4.79 Å². The van der Waals surface area contributed by atoms with Crippen LogP contribution in [0.25, 0.3) is 6.08 Å². The van der Waals surface area contributed by atoms with Crippen LogP contribution in [-0.4, -0.2) is 74.7 Å². The first-order valence-electron chi connectivity index (χ1n) is 9.35. The van der Waals surface area contributed by atoms with Gasteiger partial charge in [-0.05, 0) is 36.6 Å². The summed E-state index contributed by atoms with van der Waals surface area (Å²) in [5, 5.41) is 2.53. The number of carbonyl (C=O) groups is 3. The molecule has 0 bridgehead atoms. The van der Waals surface area contributed by atoms with Gasteiger partial charge in [0.15, 0.2) is 11.5 Å². The number of ether oxygens (including phenoxy) is 3. The van der Waals surface area contributed by atoms with Crippen LogP contribution in [0.1, 0.15) is 18.4 Å². The van der Waals surface area contributed by atoms with Crippen LogP contribution in [-0.2, 0) is 9.59 Å². The van der Waals surface area contributed by atoms with Gasteiger partial charge < -0.3 is 24.4 Å². The lowest BCUT2D eigenvalue weighted by Gasteiger charge is -2.34. The molecule has 0 aliphatic carbocycles. The molecule has 0 unspecified atom stereocenters. The van der Waals surface area contributed by atoms with Crippen LogP contribution in [0, 0.1) is 0 Å². The van der Waals surface area contributed by atoms with Crippen molar-refractivity contribution in [2.75, 3.05) is 41.0 Å². The largest absolute Gasteiger partial charge is 0.493 e. The molecule has 0 radical (unpaired) electrons. The molecule has 4 amide bonds. The first-order valence-corrected chi connectivity index (χ1v) is 9.35. The summed E-state index contributed by atoms with van der Waals surface area (Å²) in [5.41, 5.74) is 0.738. The second-order valence-corrected chi connectivity index (χ2v) is 6.77. The topological polar surface area (TPSA) is 97.4 Å². The average Bonchev–Trinajstić information content (AvgIpc) is 3.09. The number of nitrogens with zero attached hydrogens (tertiary/aromatic N) is 2. The predicted molar refractivity (Wildman–Crippen MR) is 105 cm³/mol. The number of nitrogens with one attached hydrogen (secondary N) is 1. The maximum atomic E-state index is 12.6. The van der Waals surface area contributed by atoms with Crippen LogP contribution in [0.5, 0.6) is 17.2 Å². The Kier molecular flexibility index (Phi) is 6.26. The van der Waals surface area contributed by atoms with Crippen molar-refractivity contribution in [3.05, 3.63) is 23.8 Å². The molecule has 9 heteroatoms. The summed E-state index contributed by atoms with van der Waals surface area (Å²) < 4.78 is 15.9. The van der Waals surface area contributed by atoms with E-state index in [-0.39, 0.29) is 30.4 Å². The summed E-state index contributed by atoms with van der Waals surface area (Å²) in [6, 6.07) is 3.01. The highest BCUT2D eigenvalue weighted by atomic mass is 16.5. The molecule has 2 aliphatic rings. The summed E-state index contributed by atoms with van der Waals surface area (Å²) in [4.78, 5) is 39.2. The van der Waals surface area contributed by atoms with Crippen molar-refractivity contribution in [2.45, 2.75) is 18.9 Å². The smallest absolute Gasteiger partial charge is 0.324 e. The van der Waals surface area contributed by atoms with Gasteiger partial charge in [0.05, 0.1) is 27.9 Å². The number of methoxy groups -OCH3 is 3. The molecule has 0 aromatic heterocycles. The zero-order valence-electron chi connectivity index (χ0n) is 16.8. The van der Waals surface area contributed by atoms with Gasteiger partial charge in [-0.25, -0.2) is 4.79 Å². The van der Waals surface area contributed by atoms with E-state index in [1.807, 2.05) is 0 Å². The van der Waals surface area contributed by atoms with Crippen molar-refractivity contribution < 1.29 is 28.6 Å². The maximum Gasteiger partial charge on any atom is 0.324 e. The fourth-order valence-corrected chi connectivity index (χ4v) is 3.62. The fourth-order valence-electron chi connectivity index (χ4n) is 3.62. The number of hydrogen-bond acceptors (Lipinski definition) is 6. The molecular formula is C20H25N3O6. The molecule has 2 saturated heterocycles. The Hall–Kier alpha value is -3.23. The molecule has 1 N–H and O–H groups in total. The quantitative estimate of drug-likeness (QED) is 0.568. The average molecular weight is 403 g/mol. The van der Waals surface area contributed by atoms with Crippen molar-refractivity contribution >= 4 is 23.9 Å². The second kappa shape index (κ2) is 8.85. The maximum absolute atomic E-state index is 12.6. The Labute approximate surface area is 169 Å². The van der Waals surface area contributed by atoms with Gasteiger partial charge in [-0.15, -0.1) is 0 Å². The van der Waals surface area contributed by atoms with Crippen molar-refractivity contribution in [2.24, 2.45) is 0 Å². The summed E-state index contributed by atoms with van der Waals surface area (Å²) in [6.07, 6.45) is 4.33. The Morgan fingerprint density at radius 1 is 1.07 bits per heavy atom. The summed E-state index contributed by atoms with van der Waals surface area (Å²) in [7, 11) is 4.60. The number of carbonyl (C=O) groups excluding carboxylic acids is 3. The van der Waals surface area contributed by atoms with Crippen molar-refractivity contribution in [3.8, 4) is 17.2 Å². The highest BCUT2D eigenvalue weighted by Crippen LogP contribution is 2.38. The van der Waals surface area contributed by atoms with Crippen LogP contribution < -0.4 is 19.5 Å². The van der Waals surface area contributed by atoms with E-state index < -0.39 is 0 Å². The van der Waals surface area contributed by atoms with Gasteiger partial charge in [-0.1, -0.05) is 0 Å². The van der Waals surface area contributed by atoms with Crippen molar-refractivity contribution in [3.63, 3.8) is 0 Å². The molecule has 2 aliphatic heterocycles. The van der Waals surface area contributed by atoms with E-state index in [0.29, 0.717) is 43.2 Å². The number of rotatable bonds is 6. The zero-order chi connectivity index (χ0) is 21.0. The van der Waals surface area contributed by atoms with E-state index >= 15 is 0 Å². The number of urea groups is 1. The number of hydrogen-bond donors (Lipinski definition) is 1. The molecule has 1 aromatic carbocycles. The number of likely N-dealkylation sites (tertiary alicyclic amines) is 1. The Bertz CT molecular complexity index is 789. The van der Waals surface area contributed by atoms with E-state index in [9.17, 15) is 14.4 Å². The molecule has 1 aromatic rings. The minimum atomic E-state index is -0.345. The van der Waals surface area contributed by atoms with Gasteiger partial charge in [0.1, 0.15) is 0 Å². The lowest BCUT2D eigenvalue weighted by atomic mass is 10.0. The Balaban J connectivity index is 1.63. The number of piperidine rings is 1. The number of imide groups is 1. The molecule has 2 fully saturated rings. The summed E-state index contributed by atoms with van der Waals surface area (Å²) in [5.74, 6) is 1.17. The van der Waals surface area contributed by atoms with Crippen LogP contribution in [0.2, 0.25) is 0 Å². The Morgan fingerprint density at radius 2 is 1.69 bits per heavy atom. The highest BCUT2D eigenvalue weighted by molar-refractivity contribution is 6.02. The van der Waals surface area contributed by atoms with E-state index in [1.54, 1.807) is 23.1 Å². The molecule has 0 spiro atoms. The summed E-state index contributed by atoms with van der Waals surface area (Å²) >= 11 is 0. The minimum absolute atomic E-state index is 0.0511. The molecular weight excluding hydrogens is 378 g/mol. The Morgan fingerprint density at radius 3 is 2.17 bits per heavy atom. The third kappa shape index (κ3) is 4.28. The van der Waals surface area contributed by atoms with E-state index in [1.165, 1.54) is 32.3 Å². The second-order valence-electron chi connectivity index (χ2n) is 6.77. The van der Waals surface area contributed by atoms with Gasteiger partial charge >= 0.3 is 6.03 Å². The zero-order valence-corrected chi connectivity index (χ0v) is 16.8. The van der Waals surface area contributed by atoms with Gasteiger partial charge in [-0.3, -0.25) is 14.5 Å². The molecule has 0 saturated carbocycles. The SMILES string of the molecule is COc1cc(/C=C/C(=O)N2CCC(N3C(=O)CNC3=O)CC2)cc(OC)c1OC. The molecule has 3 rings (SSSR count). The number of benzene rings is 1. The van der Waals surface area contributed by atoms with E-state index in [4.69, 9.17) is 14.2 Å². The van der Waals surface area contributed by atoms with Crippen molar-refractivity contribution in [1.29, 1.82) is 0 Å². The van der Waals surface area contributed by atoms with Gasteiger partial charge in [0, 0.05) is 25.2 Å². The molecule has 9 nitrogen and oxygen atoms in total.